The second kappa shape index (κ2) is 4.49. The summed E-state index contributed by atoms with van der Waals surface area (Å²) in [4.78, 5) is 11.7. The van der Waals surface area contributed by atoms with E-state index in [1.54, 1.807) is 12.1 Å². The third kappa shape index (κ3) is 2.93. The van der Waals surface area contributed by atoms with Gasteiger partial charge in [-0.25, -0.2) is 9.98 Å². The maximum atomic E-state index is 5.80. The van der Waals surface area contributed by atoms with Crippen LogP contribution < -0.4 is 11.5 Å². The van der Waals surface area contributed by atoms with Crippen molar-refractivity contribution in [3.8, 4) is 0 Å². The van der Waals surface area contributed by atoms with Crippen molar-refractivity contribution in [3.63, 3.8) is 0 Å². The summed E-state index contributed by atoms with van der Waals surface area (Å²) in [6.45, 7) is 0. The summed E-state index contributed by atoms with van der Waals surface area (Å²) < 4.78 is 0. The topological polar surface area (TPSA) is 90.2 Å². The fraction of sp³-hybridized carbons (Fsp3) is 0.300. The molecule has 0 aliphatic heterocycles. The van der Waals surface area contributed by atoms with Gasteiger partial charge in [-0.3, -0.25) is 0 Å². The molecule has 84 valence electrons. The number of nitrogens with zero attached hydrogens (tertiary/aromatic N) is 3. The average Bonchev–Trinajstić information content (AvgIpc) is 2.99. The smallest absolute Gasteiger partial charge is 0.224 e. The Balaban J connectivity index is 2.14. The first kappa shape index (κ1) is 10.9. The molecule has 0 radical (unpaired) electrons. The van der Waals surface area contributed by atoms with Crippen LogP contribution in [0.1, 0.15) is 12.8 Å². The van der Waals surface area contributed by atoms with Gasteiger partial charge in [0.15, 0.2) is 5.82 Å². The Kier molecular flexibility index (Phi) is 3.05. The Hall–Kier alpha value is -1.62. The summed E-state index contributed by atoms with van der Waals surface area (Å²) in [5.41, 5.74) is 12.3. The van der Waals surface area contributed by atoms with Gasteiger partial charge in [0.2, 0.25) is 5.28 Å². The van der Waals surface area contributed by atoms with Gasteiger partial charge in [0.25, 0.3) is 0 Å². The molecule has 1 aliphatic carbocycles. The number of halogens is 1. The Labute approximate surface area is 98.2 Å². The Morgan fingerprint density at radius 2 is 2.25 bits per heavy atom. The lowest BCUT2D eigenvalue weighted by Gasteiger charge is -1.98. The van der Waals surface area contributed by atoms with Crippen LogP contribution in [0.15, 0.2) is 29.0 Å². The van der Waals surface area contributed by atoms with E-state index >= 15 is 0 Å². The van der Waals surface area contributed by atoms with Crippen LogP contribution in [0.3, 0.4) is 0 Å². The van der Waals surface area contributed by atoms with Crippen LogP contribution in [0.25, 0.3) is 0 Å². The lowest BCUT2D eigenvalue weighted by molar-refractivity contribution is 0.982. The van der Waals surface area contributed by atoms with Crippen molar-refractivity contribution in [1.29, 1.82) is 0 Å². The van der Waals surface area contributed by atoms with Crippen molar-refractivity contribution in [2.45, 2.75) is 12.8 Å². The van der Waals surface area contributed by atoms with E-state index < -0.39 is 0 Å². The maximum absolute atomic E-state index is 5.80. The zero-order valence-corrected chi connectivity index (χ0v) is 9.35. The second-order valence-electron chi connectivity index (χ2n) is 3.64. The molecule has 1 aromatic heterocycles. The number of hydrogen-bond donors (Lipinski definition) is 2. The highest BCUT2D eigenvalue weighted by atomic mass is 35.5. The van der Waals surface area contributed by atoms with Gasteiger partial charge in [-0.15, -0.1) is 0 Å². The Morgan fingerprint density at radius 3 is 2.88 bits per heavy atom. The van der Waals surface area contributed by atoms with E-state index in [1.165, 1.54) is 6.20 Å². The molecule has 1 aromatic rings. The third-order valence-corrected chi connectivity index (χ3v) is 2.40. The molecule has 0 amide bonds. The van der Waals surface area contributed by atoms with Crippen LogP contribution in [-0.2, 0) is 0 Å². The Morgan fingerprint density at radius 1 is 1.50 bits per heavy atom. The van der Waals surface area contributed by atoms with Gasteiger partial charge in [0.05, 0.1) is 0 Å². The molecule has 2 rings (SSSR count). The molecule has 0 bridgehead atoms. The number of aliphatic imine (C=N–C) groups is 1. The third-order valence-electron chi connectivity index (χ3n) is 2.22. The number of rotatable bonds is 3. The second-order valence-corrected chi connectivity index (χ2v) is 3.98. The van der Waals surface area contributed by atoms with Gasteiger partial charge in [0, 0.05) is 18.0 Å². The summed E-state index contributed by atoms with van der Waals surface area (Å²) in [6, 6.07) is 1.62. The highest BCUT2D eigenvalue weighted by Gasteiger charge is 2.23. The largest absolute Gasteiger partial charge is 0.402 e. The van der Waals surface area contributed by atoms with Crippen LogP contribution in [-0.4, -0.2) is 15.8 Å². The van der Waals surface area contributed by atoms with Crippen molar-refractivity contribution < 1.29 is 0 Å². The summed E-state index contributed by atoms with van der Waals surface area (Å²) in [5.74, 6) is 1.24. The molecule has 6 heteroatoms. The molecular weight excluding hydrogens is 226 g/mol. The number of allylic oxidation sites excluding steroid dienone is 1. The normalized spacial score (nSPS) is 17.6. The maximum Gasteiger partial charge on any atom is 0.224 e. The fourth-order valence-electron chi connectivity index (χ4n) is 1.26. The summed E-state index contributed by atoms with van der Waals surface area (Å²) >= 11 is 5.62. The molecule has 0 aromatic carbocycles. The molecule has 0 atom stereocenters. The quantitative estimate of drug-likeness (QED) is 0.472. The molecule has 1 aliphatic rings. The lowest BCUT2D eigenvalue weighted by atomic mass is 10.3. The first-order valence-corrected chi connectivity index (χ1v) is 5.33. The minimum atomic E-state index is 0.146. The minimum absolute atomic E-state index is 0.146. The number of amidine groups is 1. The first-order valence-electron chi connectivity index (χ1n) is 4.95. The number of nitrogens with two attached hydrogens (primary N) is 2. The van der Waals surface area contributed by atoms with Crippen LogP contribution in [0.5, 0.6) is 0 Å². The molecule has 0 spiro atoms. The molecule has 4 N–H and O–H groups in total. The zero-order chi connectivity index (χ0) is 11.5. The zero-order valence-electron chi connectivity index (χ0n) is 8.60. The van der Waals surface area contributed by atoms with Crippen LogP contribution >= 0.6 is 11.6 Å². The van der Waals surface area contributed by atoms with E-state index in [-0.39, 0.29) is 5.28 Å². The van der Waals surface area contributed by atoms with Gasteiger partial charge in [-0.2, -0.15) is 4.98 Å². The van der Waals surface area contributed by atoms with Crippen LogP contribution in [0.4, 0.5) is 5.82 Å². The number of aromatic nitrogens is 2. The van der Waals surface area contributed by atoms with Gasteiger partial charge in [0.1, 0.15) is 5.84 Å². The highest BCUT2D eigenvalue weighted by molar-refractivity contribution is 6.28. The highest BCUT2D eigenvalue weighted by Crippen LogP contribution is 2.33. The molecule has 0 saturated heterocycles. The van der Waals surface area contributed by atoms with Crippen molar-refractivity contribution in [2.24, 2.45) is 22.4 Å². The van der Waals surface area contributed by atoms with E-state index in [0.717, 1.165) is 18.5 Å². The average molecular weight is 238 g/mol. The van der Waals surface area contributed by atoms with Crippen molar-refractivity contribution in [3.05, 3.63) is 29.3 Å². The summed E-state index contributed by atoms with van der Waals surface area (Å²) in [5, 5.41) is 0.146. The predicted octanol–water partition coefficient (Wildman–Crippen LogP) is 1.37. The van der Waals surface area contributed by atoms with Gasteiger partial charge in [-0.05, 0) is 36.4 Å². The molecule has 1 fully saturated rings. The van der Waals surface area contributed by atoms with E-state index in [4.69, 9.17) is 23.1 Å². The van der Waals surface area contributed by atoms with E-state index in [2.05, 4.69) is 15.0 Å². The monoisotopic (exact) mass is 237 g/mol. The van der Waals surface area contributed by atoms with Crippen molar-refractivity contribution in [1.82, 2.24) is 9.97 Å². The van der Waals surface area contributed by atoms with Gasteiger partial charge < -0.3 is 11.5 Å². The van der Waals surface area contributed by atoms with Gasteiger partial charge in [-0.1, -0.05) is 0 Å². The predicted molar refractivity (Wildman–Crippen MR) is 63.3 cm³/mol. The minimum Gasteiger partial charge on any atom is -0.402 e. The molecule has 1 saturated carbocycles. The Bertz CT molecular complexity index is 450. The van der Waals surface area contributed by atoms with Crippen molar-refractivity contribution >= 4 is 23.3 Å². The number of hydrogen-bond acceptors (Lipinski definition) is 4. The standard InChI is InChI=1S/C10H12ClN5/c11-10-14-4-3-9(16-10)15-8(13)5-7(12)6-1-2-6/h3-6H,1-2,12H2,(H2,13,14,15,16)/b7-5-. The fourth-order valence-corrected chi connectivity index (χ4v) is 1.40. The molecule has 1 heterocycles. The lowest BCUT2D eigenvalue weighted by Crippen LogP contribution is -2.12. The summed E-state index contributed by atoms with van der Waals surface area (Å²) in [6.07, 6.45) is 5.47. The van der Waals surface area contributed by atoms with Crippen LogP contribution in [0, 0.1) is 5.92 Å². The van der Waals surface area contributed by atoms with Gasteiger partial charge >= 0.3 is 0 Å². The van der Waals surface area contributed by atoms with E-state index in [1.807, 2.05) is 0 Å². The molecular formula is C10H12ClN5. The van der Waals surface area contributed by atoms with Crippen molar-refractivity contribution in [2.75, 3.05) is 0 Å². The SMILES string of the molecule is NC(/C=C(\N)C1CC1)=Nc1ccnc(Cl)n1. The van der Waals surface area contributed by atoms with E-state index in [0.29, 0.717) is 17.6 Å². The first-order chi connectivity index (χ1) is 7.65. The molecule has 16 heavy (non-hydrogen) atoms. The molecule has 0 unspecified atom stereocenters. The van der Waals surface area contributed by atoms with Crippen LogP contribution in [0.2, 0.25) is 5.28 Å². The van der Waals surface area contributed by atoms with E-state index in [9.17, 15) is 0 Å². The summed E-state index contributed by atoms with van der Waals surface area (Å²) in [7, 11) is 0. The molecule has 5 nitrogen and oxygen atoms in total.